The molecule has 2 aliphatic heterocycles. The lowest BCUT2D eigenvalue weighted by Crippen LogP contribution is -2.41. The summed E-state index contributed by atoms with van der Waals surface area (Å²) >= 11 is 3.46. The first kappa shape index (κ1) is 25.2. The summed E-state index contributed by atoms with van der Waals surface area (Å²) in [7, 11) is -3.41. The minimum Gasteiger partial charge on any atom is -0.492 e. The smallest absolute Gasteiger partial charge is 0.243 e. The van der Waals surface area contributed by atoms with Gasteiger partial charge in [0.15, 0.2) is 0 Å². The molecule has 2 aliphatic rings. The molecule has 0 radical (unpaired) electrons. The second-order valence-electron chi connectivity index (χ2n) is 8.90. The van der Waals surface area contributed by atoms with Gasteiger partial charge in [0.2, 0.25) is 15.9 Å². The number of halogens is 1. The van der Waals surface area contributed by atoms with E-state index in [2.05, 4.69) is 50.4 Å². The fourth-order valence-corrected chi connectivity index (χ4v) is 6.26. The van der Waals surface area contributed by atoms with Gasteiger partial charge in [0, 0.05) is 30.0 Å². The maximum Gasteiger partial charge on any atom is 0.243 e. The van der Waals surface area contributed by atoms with Gasteiger partial charge in [-0.25, -0.2) is 8.42 Å². The van der Waals surface area contributed by atoms with E-state index in [0.717, 1.165) is 49.8 Å². The molecule has 2 fully saturated rings. The lowest BCUT2D eigenvalue weighted by atomic mass is 9.95. The first-order valence-corrected chi connectivity index (χ1v) is 14.1. The molecule has 2 aromatic rings. The number of nitrogens with zero attached hydrogens (tertiary/aromatic N) is 2. The van der Waals surface area contributed by atoms with Crippen molar-refractivity contribution in [1.82, 2.24) is 14.5 Å². The number of amides is 1. The third-order valence-electron chi connectivity index (χ3n) is 6.47. The fraction of sp³-hybridized carbons (Fsp3) is 0.480. The van der Waals surface area contributed by atoms with Crippen molar-refractivity contribution in [2.75, 3.05) is 39.3 Å². The fourth-order valence-electron chi connectivity index (χ4n) is 4.47. The Hall–Kier alpha value is -1.94. The number of benzene rings is 2. The molecule has 184 valence electrons. The zero-order valence-corrected chi connectivity index (χ0v) is 21.7. The van der Waals surface area contributed by atoms with Crippen molar-refractivity contribution < 1.29 is 17.9 Å². The van der Waals surface area contributed by atoms with Crippen LogP contribution in [0.25, 0.3) is 0 Å². The summed E-state index contributed by atoms with van der Waals surface area (Å²) in [6.45, 7) is 4.68. The summed E-state index contributed by atoms with van der Waals surface area (Å²) in [5.74, 6) is 0.714. The van der Waals surface area contributed by atoms with Crippen LogP contribution in [-0.2, 0) is 21.4 Å². The summed E-state index contributed by atoms with van der Waals surface area (Å²) in [5.41, 5.74) is 1.28. The van der Waals surface area contributed by atoms with Crippen molar-refractivity contribution in [3.05, 3.63) is 58.6 Å². The SMILES string of the molecule is O=C(NCCOc1ccc(S(=O)(=O)N2CCCC2)cc1)C1CCN(Cc2ccc(Br)cc2)CC1. The monoisotopic (exact) mass is 549 g/mol. The first-order chi connectivity index (χ1) is 16.4. The summed E-state index contributed by atoms with van der Waals surface area (Å²) in [6.07, 6.45) is 3.54. The number of ether oxygens (including phenoxy) is 1. The molecule has 0 saturated carbocycles. The topological polar surface area (TPSA) is 78.9 Å². The van der Waals surface area contributed by atoms with E-state index in [1.54, 1.807) is 24.3 Å². The molecule has 0 spiro atoms. The van der Waals surface area contributed by atoms with Crippen molar-refractivity contribution >= 4 is 31.9 Å². The summed E-state index contributed by atoms with van der Waals surface area (Å²) in [4.78, 5) is 15.2. The van der Waals surface area contributed by atoms with E-state index in [9.17, 15) is 13.2 Å². The van der Waals surface area contributed by atoms with Gasteiger partial charge >= 0.3 is 0 Å². The minimum atomic E-state index is -3.41. The number of rotatable bonds is 9. The Bertz CT molecular complexity index is 1050. The van der Waals surface area contributed by atoms with E-state index in [4.69, 9.17) is 4.74 Å². The molecule has 0 atom stereocenters. The summed E-state index contributed by atoms with van der Waals surface area (Å²) < 4.78 is 33.5. The van der Waals surface area contributed by atoms with Crippen LogP contribution in [0.1, 0.15) is 31.2 Å². The molecule has 4 rings (SSSR count). The second-order valence-corrected chi connectivity index (χ2v) is 11.8. The minimum absolute atomic E-state index is 0.0382. The van der Waals surface area contributed by atoms with E-state index >= 15 is 0 Å². The number of hydrogen-bond acceptors (Lipinski definition) is 5. The van der Waals surface area contributed by atoms with Crippen LogP contribution in [0.2, 0.25) is 0 Å². The van der Waals surface area contributed by atoms with Crippen molar-refractivity contribution in [3.63, 3.8) is 0 Å². The predicted molar refractivity (Wildman–Crippen MR) is 135 cm³/mol. The first-order valence-electron chi connectivity index (χ1n) is 11.9. The lowest BCUT2D eigenvalue weighted by Gasteiger charge is -2.31. The Balaban J connectivity index is 1.14. The van der Waals surface area contributed by atoms with Crippen LogP contribution in [0.5, 0.6) is 5.75 Å². The molecule has 0 unspecified atom stereocenters. The van der Waals surface area contributed by atoms with Crippen LogP contribution < -0.4 is 10.1 Å². The molecule has 0 aromatic heterocycles. The predicted octanol–water partition coefficient (Wildman–Crippen LogP) is 3.64. The van der Waals surface area contributed by atoms with Gasteiger partial charge in [-0.05, 0) is 80.7 Å². The molecule has 1 amide bonds. The van der Waals surface area contributed by atoms with Crippen molar-refractivity contribution in [2.45, 2.75) is 37.1 Å². The standard InChI is InChI=1S/C25H32BrN3O4S/c26-22-5-3-20(4-6-22)19-28-16-11-21(12-17-28)25(30)27-13-18-33-23-7-9-24(10-8-23)34(31,32)29-14-1-2-15-29/h3-10,21H,1-2,11-19H2,(H,27,30). The maximum atomic E-state index is 12.6. The van der Waals surface area contributed by atoms with Gasteiger partial charge in [-0.1, -0.05) is 28.1 Å². The third-order valence-corrected chi connectivity index (χ3v) is 8.92. The largest absolute Gasteiger partial charge is 0.492 e. The van der Waals surface area contributed by atoms with E-state index in [0.29, 0.717) is 36.9 Å². The summed E-state index contributed by atoms with van der Waals surface area (Å²) in [5, 5.41) is 2.98. The molecular weight excluding hydrogens is 518 g/mol. The van der Waals surface area contributed by atoms with Crippen LogP contribution in [0.3, 0.4) is 0 Å². The molecule has 0 aliphatic carbocycles. The molecule has 1 N–H and O–H groups in total. The van der Waals surface area contributed by atoms with Gasteiger partial charge in [0.05, 0.1) is 11.4 Å². The number of hydrogen-bond donors (Lipinski definition) is 1. The van der Waals surface area contributed by atoms with Gasteiger partial charge < -0.3 is 10.1 Å². The average molecular weight is 551 g/mol. The van der Waals surface area contributed by atoms with Crippen molar-refractivity contribution in [1.29, 1.82) is 0 Å². The highest BCUT2D eigenvalue weighted by Crippen LogP contribution is 2.23. The van der Waals surface area contributed by atoms with Gasteiger partial charge in [0.1, 0.15) is 12.4 Å². The van der Waals surface area contributed by atoms with Crippen molar-refractivity contribution in [2.24, 2.45) is 5.92 Å². The molecule has 2 saturated heterocycles. The Morgan fingerprint density at radius 1 is 0.971 bits per heavy atom. The molecule has 2 heterocycles. The number of piperidine rings is 1. The van der Waals surface area contributed by atoms with Gasteiger partial charge in [-0.15, -0.1) is 0 Å². The highest BCUT2D eigenvalue weighted by molar-refractivity contribution is 9.10. The zero-order valence-electron chi connectivity index (χ0n) is 19.3. The van der Waals surface area contributed by atoms with E-state index in [1.807, 2.05) is 0 Å². The average Bonchev–Trinajstić information content (AvgIpc) is 3.40. The number of carbonyl (C=O) groups excluding carboxylic acids is 1. The van der Waals surface area contributed by atoms with Gasteiger partial charge in [-0.3, -0.25) is 9.69 Å². The number of carbonyl (C=O) groups is 1. The Labute approximate surface area is 210 Å². The Morgan fingerprint density at radius 2 is 1.62 bits per heavy atom. The molecule has 34 heavy (non-hydrogen) atoms. The molecule has 9 heteroatoms. The Morgan fingerprint density at radius 3 is 2.26 bits per heavy atom. The van der Waals surface area contributed by atoms with Crippen LogP contribution in [0.15, 0.2) is 57.9 Å². The second kappa shape index (κ2) is 11.7. The van der Waals surface area contributed by atoms with Crippen LogP contribution in [0, 0.1) is 5.92 Å². The molecule has 0 bridgehead atoms. The van der Waals surface area contributed by atoms with E-state index < -0.39 is 10.0 Å². The third kappa shape index (κ3) is 6.59. The zero-order chi connectivity index (χ0) is 24.0. The van der Waals surface area contributed by atoms with Crippen LogP contribution in [-0.4, -0.2) is 62.9 Å². The molecule has 7 nitrogen and oxygen atoms in total. The number of sulfonamides is 1. The van der Waals surface area contributed by atoms with Crippen LogP contribution >= 0.6 is 15.9 Å². The van der Waals surface area contributed by atoms with Crippen LogP contribution in [0.4, 0.5) is 0 Å². The maximum absolute atomic E-state index is 12.6. The summed E-state index contributed by atoms with van der Waals surface area (Å²) in [6, 6.07) is 14.9. The van der Waals surface area contributed by atoms with Gasteiger partial charge in [-0.2, -0.15) is 4.31 Å². The number of nitrogens with one attached hydrogen (secondary N) is 1. The van der Waals surface area contributed by atoms with Crippen molar-refractivity contribution in [3.8, 4) is 5.75 Å². The normalized spacial score (nSPS) is 18.1. The number of likely N-dealkylation sites (tertiary alicyclic amines) is 1. The van der Waals surface area contributed by atoms with E-state index in [-0.39, 0.29) is 11.8 Å². The molecular formula is C25H32BrN3O4S. The Kier molecular flexibility index (Phi) is 8.63. The lowest BCUT2D eigenvalue weighted by molar-refractivity contribution is -0.126. The highest BCUT2D eigenvalue weighted by atomic mass is 79.9. The van der Waals surface area contributed by atoms with Gasteiger partial charge in [0.25, 0.3) is 0 Å². The molecule has 2 aromatic carbocycles. The highest BCUT2D eigenvalue weighted by Gasteiger charge is 2.27. The van der Waals surface area contributed by atoms with E-state index in [1.165, 1.54) is 9.87 Å². The quantitative estimate of drug-likeness (QED) is 0.483.